The molecule has 1 aromatic heterocycles. The summed E-state index contributed by atoms with van der Waals surface area (Å²) < 4.78 is 0. The van der Waals surface area contributed by atoms with E-state index in [1.54, 1.807) is 11.3 Å². The summed E-state index contributed by atoms with van der Waals surface area (Å²) in [5.41, 5.74) is 4.53. The van der Waals surface area contributed by atoms with Gasteiger partial charge in [0.15, 0.2) is 0 Å². The molecule has 19 heavy (non-hydrogen) atoms. The highest BCUT2D eigenvalue weighted by Gasteiger charge is 2.10. The van der Waals surface area contributed by atoms with E-state index >= 15 is 0 Å². The normalized spacial score (nSPS) is 12.1. The topological polar surface area (TPSA) is 0 Å². The summed E-state index contributed by atoms with van der Waals surface area (Å²) in [6, 6.07) is 0. The molecule has 0 radical (unpaired) electrons. The van der Waals surface area contributed by atoms with Crippen LogP contribution in [0.1, 0.15) is 34.7 Å². The Labute approximate surface area is 120 Å². The second-order valence-corrected chi connectivity index (χ2v) is 5.33. The highest BCUT2D eigenvalue weighted by Crippen LogP contribution is 2.34. The Morgan fingerprint density at radius 3 is 1.42 bits per heavy atom. The van der Waals surface area contributed by atoms with Crippen LogP contribution < -0.4 is 0 Å². The molecule has 0 N–H and O–H groups in total. The molecular formula is C18H20S. The van der Waals surface area contributed by atoms with Gasteiger partial charge in [-0.3, -0.25) is 0 Å². The van der Waals surface area contributed by atoms with Crippen LogP contribution in [0.5, 0.6) is 0 Å². The van der Waals surface area contributed by atoms with E-state index in [1.165, 1.54) is 9.75 Å². The number of thiophene rings is 1. The molecule has 1 rings (SSSR count). The van der Waals surface area contributed by atoms with Gasteiger partial charge in [-0.2, -0.15) is 0 Å². The minimum atomic E-state index is 1.13. The Hall–Kier alpha value is -1.86. The van der Waals surface area contributed by atoms with Gasteiger partial charge in [0.05, 0.1) is 0 Å². The highest BCUT2D eigenvalue weighted by atomic mass is 32.1. The van der Waals surface area contributed by atoms with E-state index in [0.29, 0.717) is 0 Å². The van der Waals surface area contributed by atoms with Gasteiger partial charge in [0.1, 0.15) is 0 Å². The molecule has 1 aromatic rings. The van der Waals surface area contributed by atoms with Crippen molar-refractivity contribution < 1.29 is 0 Å². The van der Waals surface area contributed by atoms with E-state index in [4.69, 9.17) is 0 Å². The van der Waals surface area contributed by atoms with Crippen molar-refractivity contribution in [2.24, 2.45) is 0 Å². The summed E-state index contributed by atoms with van der Waals surface area (Å²) >= 11 is 1.73. The Bertz CT molecular complexity index is 527. The van der Waals surface area contributed by atoms with Gasteiger partial charge in [0.2, 0.25) is 0 Å². The maximum atomic E-state index is 3.91. The van der Waals surface area contributed by atoms with E-state index in [1.807, 2.05) is 38.2 Å². The van der Waals surface area contributed by atoms with Crippen molar-refractivity contribution in [3.8, 4) is 0 Å². The number of hydrogen-bond acceptors (Lipinski definition) is 1. The molecule has 0 saturated heterocycles. The summed E-state index contributed by atoms with van der Waals surface area (Å²) in [4.78, 5) is 2.37. The van der Waals surface area contributed by atoms with Gasteiger partial charge in [-0.05, 0) is 37.1 Å². The first-order valence-electron chi connectivity index (χ1n) is 6.10. The summed E-state index contributed by atoms with van der Waals surface area (Å²) in [5.74, 6) is 0. The molecule has 0 aliphatic heterocycles. The fourth-order valence-corrected chi connectivity index (χ4v) is 2.99. The molecule has 0 aliphatic rings. The van der Waals surface area contributed by atoms with Crippen LogP contribution >= 0.6 is 11.3 Å². The molecular weight excluding hydrogens is 248 g/mol. The van der Waals surface area contributed by atoms with Crippen molar-refractivity contribution in [3.05, 3.63) is 70.5 Å². The van der Waals surface area contributed by atoms with E-state index in [2.05, 4.69) is 38.5 Å². The van der Waals surface area contributed by atoms with Gasteiger partial charge in [-0.25, -0.2) is 0 Å². The first kappa shape index (κ1) is 15.2. The zero-order chi connectivity index (χ0) is 14.4. The Morgan fingerprint density at radius 1 is 0.789 bits per heavy atom. The molecule has 1 heterocycles. The van der Waals surface area contributed by atoms with Gasteiger partial charge in [-0.1, -0.05) is 61.8 Å². The lowest BCUT2D eigenvalue weighted by Crippen LogP contribution is -1.78. The zero-order valence-electron chi connectivity index (χ0n) is 11.7. The quantitative estimate of drug-likeness (QED) is 0.538. The Balaban J connectivity index is 3.51. The second kappa shape index (κ2) is 6.91. The summed E-state index contributed by atoms with van der Waals surface area (Å²) in [6.07, 6.45) is 11.7. The first-order valence-corrected chi connectivity index (χ1v) is 6.92. The summed E-state index contributed by atoms with van der Waals surface area (Å²) in [6.45, 7) is 19.5. The molecule has 0 fully saturated rings. The van der Waals surface area contributed by atoms with E-state index < -0.39 is 0 Å². The largest absolute Gasteiger partial charge is 0.135 e. The SMILES string of the molecule is C=C/C(C)=C\c1sc(/C=C(/C)C=C)c(C=C)c1C=C. The van der Waals surface area contributed by atoms with Crippen LogP contribution in [-0.4, -0.2) is 0 Å². The molecule has 0 aliphatic carbocycles. The van der Waals surface area contributed by atoms with Crippen molar-refractivity contribution >= 4 is 35.6 Å². The fourth-order valence-electron chi connectivity index (χ4n) is 1.66. The number of hydrogen-bond donors (Lipinski definition) is 0. The third-order valence-corrected chi connectivity index (χ3v) is 3.93. The minimum absolute atomic E-state index is 1.13. The second-order valence-electron chi connectivity index (χ2n) is 4.25. The first-order chi connectivity index (χ1) is 9.07. The van der Waals surface area contributed by atoms with Crippen LogP contribution in [0.4, 0.5) is 0 Å². The van der Waals surface area contributed by atoms with Gasteiger partial charge in [0, 0.05) is 9.75 Å². The van der Waals surface area contributed by atoms with Gasteiger partial charge < -0.3 is 0 Å². The zero-order valence-corrected chi connectivity index (χ0v) is 12.5. The predicted molar refractivity (Wildman–Crippen MR) is 92.2 cm³/mol. The van der Waals surface area contributed by atoms with Crippen LogP contribution in [0.2, 0.25) is 0 Å². The van der Waals surface area contributed by atoms with Crippen molar-refractivity contribution in [2.45, 2.75) is 13.8 Å². The van der Waals surface area contributed by atoms with Crippen molar-refractivity contribution in [3.63, 3.8) is 0 Å². The molecule has 0 atom stereocenters. The average Bonchev–Trinajstić information content (AvgIpc) is 2.74. The Morgan fingerprint density at radius 2 is 1.16 bits per heavy atom. The third kappa shape index (κ3) is 3.55. The fraction of sp³-hybridized carbons (Fsp3) is 0.111. The van der Waals surface area contributed by atoms with E-state index in [9.17, 15) is 0 Å². The van der Waals surface area contributed by atoms with Crippen molar-refractivity contribution in [1.82, 2.24) is 0 Å². The molecule has 1 heteroatoms. The van der Waals surface area contributed by atoms with Crippen molar-refractivity contribution in [2.75, 3.05) is 0 Å². The smallest absolute Gasteiger partial charge is 0.0357 e. The lowest BCUT2D eigenvalue weighted by molar-refractivity contribution is 1.57. The number of rotatable bonds is 6. The third-order valence-electron chi connectivity index (χ3n) is 2.81. The van der Waals surface area contributed by atoms with Crippen LogP contribution in [-0.2, 0) is 0 Å². The van der Waals surface area contributed by atoms with Gasteiger partial charge in [0.25, 0.3) is 0 Å². The maximum absolute atomic E-state index is 3.91. The monoisotopic (exact) mass is 268 g/mol. The van der Waals surface area contributed by atoms with E-state index in [0.717, 1.165) is 22.3 Å². The molecule has 98 valence electrons. The molecule has 0 aromatic carbocycles. The van der Waals surface area contributed by atoms with Gasteiger partial charge in [-0.15, -0.1) is 11.3 Å². The molecule has 0 spiro atoms. The van der Waals surface area contributed by atoms with E-state index in [-0.39, 0.29) is 0 Å². The number of allylic oxidation sites excluding steroid dienone is 4. The van der Waals surface area contributed by atoms with Crippen molar-refractivity contribution in [1.29, 1.82) is 0 Å². The standard InChI is InChI=1S/C18H20S/c1-7-13(5)11-17-15(9-3)16(10-4)18(19-17)12-14(6)8-2/h7-12H,1-4H2,5-6H3/b13-11-,14-12-. The maximum Gasteiger partial charge on any atom is 0.0357 e. The molecule has 0 nitrogen and oxygen atoms in total. The molecule has 0 unspecified atom stereocenters. The average molecular weight is 268 g/mol. The lowest BCUT2D eigenvalue weighted by atomic mass is 10.1. The molecule has 0 bridgehead atoms. The summed E-state index contributed by atoms with van der Waals surface area (Å²) in [5, 5.41) is 0. The molecule has 0 amide bonds. The van der Waals surface area contributed by atoms with Crippen LogP contribution in [0.25, 0.3) is 24.3 Å². The van der Waals surface area contributed by atoms with Crippen LogP contribution in [0.15, 0.2) is 49.6 Å². The Kier molecular flexibility index (Phi) is 5.53. The van der Waals surface area contributed by atoms with Crippen LogP contribution in [0, 0.1) is 0 Å². The minimum Gasteiger partial charge on any atom is -0.135 e. The van der Waals surface area contributed by atoms with Crippen LogP contribution in [0.3, 0.4) is 0 Å². The predicted octanol–water partition coefficient (Wildman–Crippen LogP) is 6.21. The summed E-state index contributed by atoms with van der Waals surface area (Å²) in [7, 11) is 0. The molecule has 0 saturated carbocycles. The highest BCUT2D eigenvalue weighted by molar-refractivity contribution is 7.14. The lowest BCUT2D eigenvalue weighted by Gasteiger charge is -1.97. The van der Waals surface area contributed by atoms with Gasteiger partial charge >= 0.3 is 0 Å².